The summed E-state index contributed by atoms with van der Waals surface area (Å²) in [6, 6.07) is 2.64. The van der Waals surface area contributed by atoms with Crippen LogP contribution in [0, 0.1) is 10.1 Å². The average molecular weight is 306 g/mol. The molecule has 0 aliphatic heterocycles. The molecule has 1 atom stereocenters. The first-order valence-corrected chi connectivity index (χ1v) is 6.14. The molecule has 1 aromatic carbocycles. The molecule has 0 saturated carbocycles. The molecule has 104 valence electrons. The summed E-state index contributed by atoms with van der Waals surface area (Å²) in [7, 11) is 0. The molecule has 0 unspecified atom stereocenters. The molecule has 0 fully saturated rings. The van der Waals surface area contributed by atoms with Gasteiger partial charge in [0.1, 0.15) is 5.69 Å². The van der Waals surface area contributed by atoms with Gasteiger partial charge in [-0.05, 0) is 6.07 Å². The highest BCUT2D eigenvalue weighted by Crippen LogP contribution is 2.37. The SMILES string of the molecule is NC[C@H](O)/C=C/CNc1c([N+](=O)[O-])ccc(Cl)c1Cl. The molecule has 1 aromatic rings. The summed E-state index contributed by atoms with van der Waals surface area (Å²) in [4.78, 5) is 10.3. The van der Waals surface area contributed by atoms with Gasteiger partial charge in [0.15, 0.2) is 0 Å². The summed E-state index contributed by atoms with van der Waals surface area (Å²) in [5.41, 5.74) is 5.20. The van der Waals surface area contributed by atoms with Gasteiger partial charge in [-0.15, -0.1) is 0 Å². The number of halogens is 2. The molecule has 1 rings (SSSR count). The predicted octanol–water partition coefficient (Wildman–Crippen LogP) is 2.19. The Morgan fingerprint density at radius 3 is 2.79 bits per heavy atom. The molecule has 0 aliphatic carbocycles. The van der Waals surface area contributed by atoms with Crippen LogP contribution in [0.1, 0.15) is 0 Å². The number of aliphatic hydroxyl groups is 1. The van der Waals surface area contributed by atoms with Gasteiger partial charge in [0, 0.05) is 19.2 Å². The molecule has 0 saturated heterocycles. The monoisotopic (exact) mass is 305 g/mol. The molecule has 0 spiro atoms. The summed E-state index contributed by atoms with van der Waals surface area (Å²) < 4.78 is 0. The number of nitrogens with two attached hydrogens (primary N) is 1. The number of nitrogens with zero attached hydrogens (tertiary/aromatic N) is 1. The highest BCUT2D eigenvalue weighted by Gasteiger charge is 2.18. The van der Waals surface area contributed by atoms with Crippen molar-refractivity contribution in [2.24, 2.45) is 5.73 Å². The zero-order valence-electron chi connectivity index (χ0n) is 9.85. The van der Waals surface area contributed by atoms with E-state index < -0.39 is 11.0 Å². The number of hydrogen-bond donors (Lipinski definition) is 3. The van der Waals surface area contributed by atoms with E-state index in [0.29, 0.717) is 0 Å². The Balaban J connectivity index is 2.85. The lowest BCUT2D eigenvalue weighted by Crippen LogP contribution is -2.17. The molecular weight excluding hydrogens is 293 g/mol. The first-order valence-electron chi connectivity index (χ1n) is 5.38. The van der Waals surface area contributed by atoms with Gasteiger partial charge in [0.05, 0.1) is 21.1 Å². The molecule has 0 aromatic heterocycles. The van der Waals surface area contributed by atoms with Crippen LogP contribution >= 0.6 is 23.2 Å². The Labute approximate surface area is 120 Å². The molecule has 0 radical (unpaired) electrons. The zero-order valence-corrected chi connectivity index (χ0v) is 11.4. The van der Waals surface area contributed by atoms with Crippen molar-refractivity contribution in [3.8, 4) is 0 Å². The van der Waals surface area contributed by atoms with Crippen molar-refractivity contribution in [1.29, 1.82) is 0 Å². The molecular formula is C11H13Cl2N3O3. The molecule has 19 heavy (non-hydrogen) atoms. The smallest absolute Gasteiger partial charge is 0.293 e. The number of nitro groups is 1. The fraction of sp³-hybridized carbons (Fsp3) is 0.273. The maximum atomic E-state index is 10.9. The second-order valence-electron chi connectivity index (χ2n) is 3.62. The molecule has 4 N–H and O–H groups in total. The van der Waals surface area contributed by atoms with Gasteiger partial charge in [-0.3, -0.25) is 10.1 Å². The van der Waals surface area contributed by atoms with E-state index in [0.717, 1.165) is 0 Å². The van der Waals surface area contributed by atoms with Gasteiger partial charge >= 0.3 is 0 Å². The first kappa shape index (κ1) is 15.7. The Morgan fingerprint density at radius 2 is 2.21 bits per heavy atom. The van der Waals surface area contributed by atoms with Crippen molar-refractivity contribution in [3.63, 3.8) is 0 Å². The van der Waals surface area contributed by atoms with Crippen LogP contribution in [-0.4, -0.2) is 29.2 Å². The minimum Gasteiger partial charge on any atom is -0.388 e. The van der Waals surface area contributed by atoms with Crippen LogP contribution in [0.25, 0.3) is 0 Å². The maximum absolute atomic E-state index is 10.9. The van der Waals surface area contributed by atoms with Crippen LogP contribution in [0.15, 0.2) is 24.3 Å². The zero-order chi connectivity index (χ0) is 14.4. The molecule has 0 bridgehead atoms. The molecule has 0 amide bonds. The number of nitro benzene ring substituents is 1. The third-order valence-electron chi connectivity index (χ3n) is 2.27. The van der Waals surface area contributed by atoms with Crippen molar-refractivity contribution in [2.45, 2.75) is 6.10 Å². The number of aliphatic hydroxyl groups excluding tert-OH is 1. The number of rotatable bonds is 6. The average Bonchev–Trinajstić information content (AvgIpc) is 2.38. The fourth-order valence-electron chi connectivity index (χ4n) is 1.33. The van der Waals surface area contributed by atoms with E-state index in [1.807, 2.05) is 0 Å². The van der Waals surface area contributed by atoms with Crippen LogP contribution in [0.5, 0.6) is 0 Å². The van der Waals surface area contributed by atoms with E-state index in [4.69, 9.17) is 28.9 Å². The van der Waals surface area contributed by atoms with Crippen molar-refractivity contribution < 1.29 is 10.0 Å². The summed E-state index contributed by atoms with van der Waals surface area (Å²) in [6.45, 7) is 0.354. The lowest BCUT2D eigenvalue weighted by atomic mass is 10.2. The lowest BCUT2D eigenvalue weighted by molar-refractivity contribution is -0.383. The van der Waals surface area contributed by atoms with Gasteiger partial charge in [-0.25, -0.2) is 0 Å². The van der Waals surface area contributed by atoms with E-state index in [-0.39, 0.29) is 34.5 Å². The first-order chi connectivity index (χ1) is 8.97. The van der Waals surface area contributed by atoms with Gasteiger partial charge < -0.3 is 16.2 Å². The van der Waals surface area contributed by atoms with E-state index >= 15 is 0 Å². The van der Waals surface area contributed by atoms with E-state index in [1.165, 1.54) is 18.2 Å². The topological polar surface area (TPSA) is 101 Å². The Morgan fingerprint density at radius 1 is 1.53 bits per heavy atom. The largest absolute Gasteiger partial charge is 0.388 e. The van der Waals surface area contributed by atoms with Gasteiger partial charge in [-0.2, -0.15) is 0 Å². The number of anilines is 1. The molecule has 8 heteroatoms. The minimum atomic E-state index is -0.744. The number of nitrogens with one attached hydrogen (secondary N) is 1. The van der Waals surface area contributed by atoms with Crippen LogP contribution in [0.2, 0.25) is 10.0 Å². The van der Waals surface area contributed by atoms with Crippen LogP contribution in [0.3, 0.4) is 0 Å². The van der Waals surface area contributed by atoms with Gasteiger partial charge in [-0.1, -0.05) is 35.4 Å². The predicted molar refractivity (Wildman–Crippen MR) is 75.8 cm³/mol. The molecule has 6 nitrogen and oxygen atoms in total. The highest BCUT2D eigenvalue weighted by atomic mass is 35.5. The Bertz CT molecular complexity index is 494. The van der Waals surface area contributed by atoms with Crippen LogP contribution in [-0.2, 0) is 0 Å². The standard InChI is InChI=1S/C11H13Cl2N3O3/c12-8-3-4-9(16(18)19)11(10(8)13)15-5-1-2-7(17)6-14/h1-4,7,15,17H,5-6,14H2/b2-1+/t7-/m1/s1. The summed E-state index contributed by atoms with van der Waals surface area (Å²) >= 11 is 11.7. The third-order valence-corrected chi connectivity index (χ3v) is 3.07. The van der Waals surface area contributed by atoms with E-state index in [1.54, 1.807) is 6.08 Å². The van der Waals surface area contributed by atoms with Gasteiger partial charge in [0.25, 0.3) is 5.69 Å². The normalized spacial score (nSPS) is 12.6. The fourth-order valence-corrected chi connectivity index (χ4v) is 1.71. The maximum Gasteiger partial charge on any atom is 0.293 e. The van der Waals surface area contributed by atoms with Crippen molar-refractivity contribution in [3.05, 3.63) is 44.4 Å². The van der Waals surface area contributed by atoms with Gasteiger partial charge in [0.2, 0.25) is 0 Å². The number of hydrogen-bond acceptors (Lipinski definition) is 5. The van der Waals surface area contributed by atoms with Crippen molar-refractivity contribution >= 4 is 34.6 Å². The minimum absolute atomic E-state index is 0.0867. The summed E-state index contributed by atoms with van der Waals surface area (Å²) in [6.07, 6.45) is 2.34. The Kier molecular flexibility index (Phi) is 6.04. The second-order valence-corrected chi connectivity index (χ2v) is 4.41. The summed E-state index contributed by atoms with van der Waals surface area (Å²) in [5.74, 6) is 0. The lowest BCUT2D eigenvalue weighted by Gasteiger charge is -2.08. The second kappa shape index (κ2) is 7.30. The third kappa shape index (κ3) is 4.36. The quantitative estimate of drug-likeness (QED) is 0.425. The molecule has 0 heterocycles. The van der Waals surface area contributed by atoms with E-state index in [9.17, 15) is 15.2 Å². The van der Waals surface area contributed by atoms with Crippen molar-refractivity contribution in [2.75, 3.05) is 18.4 Å². The van der Waals surface area contributed by atoms with Crippen LogP contribution < -0.4 is 11.1 Å². The number of benzene rings is 1. The van der Waals surface area contributed by atoms with E-state index in [2.05, 4.69) is 5.32 Å². The van der Waals surface area contributed by atoms with Crippen molar-refractivity contribution in [1.82, 2.24) is 0 Å². The Hall–Kier alpha value is -1.34. The molecule has 0 aliphatic rings. The highest BCUT2D eigenvalue weighted by molar-refractivity contribution is 6.44. The summed E-state index contributed by atoms with van der Waals surface area (Å²) in [5, 5.41) is 23.2. The van der Waals surface area contributed by atoms with Crippen LogP contribution in [0.4, 0.5) is 11.4 Å².